The summed E-state index contributed by atoms with van der Waals surface area (Å²) in [5, 5.41) is 14.9. The maximum Gasteiger partial charge on any atom is 0.303 e. The first-order valence-electron chi connectivity index (χ1n) is 9.68. The van der Waals surface area contributed by atoms with Crippen molar-refractivity contribution < 1.29 is 24.2 Å². The van der Waals surface area contributed by atoms with E-state index in [1.807, 2.05) is 6.92 Å². The summed E-state index contributed by atoms with van der Waals surface area (Å²) in [5.41, 5.74) is 2.11. The van der Waals surface area contributed by atoms with Crippen LogP contribution in [0, 0.1) is 0 Å². The summed E-state index contributed by atoms with van der Waals surface area (Å²) in [7, 11) is 0. The lowest BCUT2D eigenvalue weighted by atomic mass is 9.95. The molecule has 3 N–H and O–H groups in total. The number of amides is 2. The Balaban J connectivity index is 1.80. The number of rotatable bonds is 8. The number of nitrogens with one attached hydrogen (secondary N) is 2. The Bertz CT molecular complexity index is 905. The number of hydrogen-bond acceptors (Lipinski definition) is 5. The van der Waals surface area contributed by atoms with Gasteiger partial charge in [0.2, 0.25) is 5.91 Å². The number of fused-ring (bicyclic) bond motifs is 1. The third kappa shape index (κ3) is 5.35. The van der Waals surface area contributed by atoms with Crippen LogP contribution in [0.3, 0.4) is 0 Å². The van der Waals surface area contributed by atoms with Crippen molar-refractivity contribution in [3.8, 4) is 5.75 Å². The second-order valence-electron chi connectivity index (χ2n) is 6.77. The molecular formula is C21H24N2O5S. The molecular weight excluding hydrogens is 392 g/mol. The quantitative estimate of drug-likeness (QED) is 0.601. The van der Waals surface area contributed by atoms with E-state index in [4.69, 9.17) is 9.84 Å². The molecule has 1 aliphatic carbocycles. The maximum absolute atomic E-state index is 13.0. The number of ether oxygens (including phenoxy) is 1. The van der Waals surface area contributed by atoms with Gasteiger partial charge in [-0.05, 0) is 62.4 Å². The molecule has 0 unspecified atom stereocenters. The van der Waals surface area contributed by atoms with Gasteiger partial charge in [-0.25, -0.2) is 0 Å². The van der Waals surface area contributed by atoms with Gasteiger partial charge in [0.05, 0.1) is 18.6 Å². The fraction of sp³-hybridized carbons (Fsp3) is 0.381. The fourth-order valence-corrected chi connectivity index (χ4v) is 4.60. The lowest BCUT2D eigenvalue weighted by molar-refractivity contribution is -0.138. The van der Waals surface area contributed by atoms with E-state index >= 15 is 0 Å². The van der Waals surface area contributed by atoms with E-state index < -0.39 is 11.9 Å². The molecule has 0 fully saturated rings. The molecule has 29 heavy (non-hydrogen) atoms. The number of hydrogen-bond donors (Lipinski definition) is 3. The molecule has 8 heteroatoms. The molecule has 1 heterocycles. The maximum atomic E-state index is 13.0. The molecule has 2 amide bonds. The summed E-state index contributed by atoms with van der Waals surface area (Å²) in [6.45, 7) is 2.47. The average molecular weight is 416 g/mol. The zero-order valence-electron chi connectivity index (χ0n) is 16.2. The molecule has 7 nitrogen and oxygen atoms in total. The molecule has 1 aromatic heterocycles. The lowest BCUT2D eigenvalue weighted by Crippen LogP contribution is -2.19. The Morgan fingerprint density at radius 3 is 2.48 bits per heavy atom. The Labute approximate surface area is 173 Å². The minimum atomic E-state index is -1.03. The zero-order valence-corrected chi connectivity index (χ0v) is 17.1. The third-order valence-corrected chi connectivity index (χ3v) is 5.85. The molecule has 0 atom stereocenters. The van der Waals surface area contributed by atoms with Crippen molar-refractivity contribution in [2.24, 2.45) is 0 Å². The van der Waals surface area contributed by atoms with Crippen LogP contribution in [0.2, 0.25) is 0 Å². The highest BCUT2D eigenvalue weighted by atomic mass is 32.1. The number of thiophene rings is 1. The molecule has 0 radical (unpaired) electrons. The van der Waals surface area contributed by atoms with Crippen LogP contribution < -0.4 is 15.4 Å². The Morgan fingerprint density at radius 2 is 1.79 bits per heavy atom. The number of anilines is 2. The molecule has 1 aromatic carbocycles. The van der Waals surface area contributed by atoms with Gasteiger partial charge in [-0.3, -0.25) is 14.4 Å². The van der Waals surface area contributed by atoms with Gasteiger partial charge in [-0.1, -0.05) is 0 Å². The summed E-state index contributed by atoms with van der Waals surface area (Å²) < 4.78 is 5.41. The summed E-state index contributed by atoms with van der Waals surface area (Å²) in [5.74, 6) is -0.980. The number of carboxylic acids is 1. The number of benzene rings is 1. The fourth-order valence-electron chi connectivity index (χ4n) is 3.30. The molecule has 154 valence electrons. The Morgan fingerprint density at radius 1 is 1.07 bits per heavy atom. The van der Waals surface area contributed by atoms with Crippen LogP contribution in [-0.4, -0.2) is 29.5 Å². The Hall–Kier alpha value is -2.87. The predicted octanol–water partition coefficient (Wildman–Crippen LogP) is 4.08. The van der Waals surface area contributed by atoms with Crippen LogP contribution in [-0.2, 0) is 22.4 Å². The predicted molar refractivity (Wildman–Crippen MR) is 112 cm³/mol. The summed E-state index contributed by atoms with van der Waals surface area (Å²) in [4.78, 5) is 37.0. The lowest BCUT2D eigenvalue weighted by Gasteiger charge is -2.13. The van der Waals surface area contributed by atoms with Crippen molar-refractivity contribution in [1.29, 1.82) is 0 Å². The first-order valence-corrected chi connectivity index (χ1v) is 10.5. The third-order valence-electron chi connectivity index (χ3n) is 4.64. The van der Waals surface area contributed by atoms with Crippen molar-refractivity contribution in [2.45, 2.75) is 45.4 Å². The van der Waals surface area contributed by atoms with Gasteiger partial charge >= 0.3 is 5.97 Å². The van der Waals surface area contributed by atoms with Gasteiger partial charge in [0.1, 0.15) is 10.8 Å². The largest absolute Gasteiger partial charge is 0.494 e. The first kappa shape index (κ1) is 20.9. The highest BCUT2D eigenvalue weighted by Gasteiger charge is 2.26. The highest BCUT2D eigenvalue weighted by molar-refractivity contribution is 7.17. The summed E-state index contributed by atoms with van der Waals surface area (Å²) >= 11 is 1.41. The second kappa shape index (κ2) is 9.56. The topological polar surface area (TPSA) is 105 Å². The minimum absolute atomic E-state index is 0.127. The molecule has 0 saturated carbocycles. The van der Waals surface area contributed by atoms with E-state index in [-0.39, 0.29) is 18.7 Å². The van der Waals surface area contributed by atoms with Gasteiger partial charge in [0.15, 0.2) is 0 Å². The monoisotopic (exact) mass is 416 g/mol. The average Bonchev–Trinajstić information content (AvgIpc) is 3.06. The van der Waals surface area contributed by atoms with Gasteiger partial charge < -0.3 is 20.5 Å². The number of aryl methyl sites for hydroxylation is 1. The van der Waals surface area contributed by atoms with Crippen LogP contribution in [0.1, 0.15) is 53.4 Å². The van der Waals surface area contributed by atoms with Crippen LogP contribution in [0.5, 0.6) is 5.75 Å². The SMILES string of the molecule is CCOc1ccc(NC(=O)c2c(NC(=O)CCC(=O)O)sc3c2CCCC3)cc1. The highest BCUT2D eigenvalue weighted by Crippen LogP contribution is 2.38. The van der Waals surface area contributed by atoms with Gasteiger partial charge in [0.25, 0.3) is 5.91 Å². The van der Waals surface area contributed by atoms with E-state index in [1.165, 1.54) is 11.3 Å². The van der Waals surface area contributed by atoms with Gasteiger partial charge in [-0.2, -0.15) is 0 Å². The Kier molecular flexibility index (Phi) is 6.87. The van der Waals surface area contributed by atoms with E-state index in [2.05, 4.69) is 10.6 Å². The molecule has 0 aliphatic heterocycles. The summed E-state index contributed by atoms with van der Waals surface area (Å²) in [6, 6.07) is 7.12. The zero-order chi connectivity index (χ0) is 20.8. The smallest absolute Gasteiger partial charge is 0.303 e. The first-order chi connectivity index (χ1) is 14.0. The van der Waals surface area contributed by atoms with E-state index in [9.17, 15) is 14.4 Å². The number of carboxylic acid groups (broad SMARTS) is 1. The van der Waals surface area contributed by atoms with Crippen molar-refractivity contribution in [3.05, 3.63) is 40.3 Å². The van der Waals surface area contributed by atoms with Crippen molar-refractivity contribution in [2.75, 3.05) is 17.2 Å². The van der Waals surface area contributed by atoms with Crippen molar-refractivity contribution in [1.82, 2.24) is 0 Å². The van der Waals surface area contributed by atoms with E-state index in [0.717, 1.165) is 41.9 Å². The molecule has 0 spiro atoms. The molecule has 0 bridgehead atoms. The van der Waals surface area contributed by atoms with Crippen molar-refractivity contribution in [3.63, 3.8) is 0 Å². The second-order valence-corrected chi connectivity index (χ2v) is 7.87. The number of carbonyl (C=O) groups is 3. The van der Waals surface area contributed by atoms with Gasteiger partial charge in [-0.15, -0.1) is 11.3 Å². The van der Waals surface area contributed by atoms with Crippen LogP contribution in [0.15, 0.2) is 24.3 Å². The van der Waals surface area contributed by atoms with Crippen LogP contribution in [0.25, 0.3) is 0 Å². The molecule has 1 aliphatic rings. The standard InChI is InChI=1S/C21H24N2O5S/c1-2-28-14-9-7-13(8-10-14)22-20(27)19-15-5-3-4-6-16(15)29-21(19)23-17(24)11-12-18(25)26/h7-10H,2-6,11-12H2,1H3,(H,22,27)(H,23,24)(H,25,26). The number of aliphatic carboxylic acids is 1. The van der Waals surface area contributed by atoms with Crippen molar-refractivity contribution >= 4 is 39.8 Å². The molecule has 0 saturated heterocycles. The van der Waals surface area contributed by atoms with E-state index in [0.29, 0.717) is 22.9 Å². The number of carbonyl (C=O) groups excluding carboxylic acids is 2. The van der Waals surface area contributed by atoms with Crippen LogP contribution in [0.4, 0.5) is 10.7 Å². The minimum Gasteiger partial charge on any atom is -0.494 e. The molecule has 2 aromatic rings. The molecule has 3 rings (SSSR count). The van der Waals surface area contributed by atoms with Crippen LogP contribution >= 0.6 is 11.3 Å². The normalized spacial score (nSPS) is 12.7. The van der Waals surface area contributed by atoms with E-state index in [1.54, 1.807) is 24.3 Å². The summed E-state index contributed by atoms with van der Waals surface area (Å²) in [6.07, 6.45) is 3.36. The van der Waals surface area contributed by atoms with Gasteiger partial charge in [0, 0.05) is 17.0 Å².